The van der Waals surface area contributed by atoms with Crippen LogP contribution in [-0.2, 0) is 19.4 Å². The lowest BCUT2D eigenvalue weighted by molar-refractivity contribution is -0.274. The molecule has 3 N–H and O–H groups in total. The van der Waals surface area contributed by atoms with E-state index >= 15 is 0 Å². The minimum absolute atomic E-state index is 0.0445. The van der Waals surface area contributed by atoms with Crippen LogP contribution in [0.15, 0.2) is 103 Å². The third-order valence-electron chi connectivity index (χ3n) is 11.7. The molecule has 12 heteroatoms. The van der Waals surface area contributed by atoms with Crippen LogP contribution in [0, 0.1) is 11.2 Å². The van der Waals surface area contributed by atoms with Gasteiger partial charge in [0.25, 0.3) is 0 Å². The van der Waals surface area contributed by atoms with E-state index in [0.29, 0.717) is 60.9 Å². The molecule has 4 aromatic rings. The number of nitrogens with zero attached hydrogens (tertiary/aromatic N) is 1. The van der Waals surface area contributed by atoms with Crippen molar-refractivity contribution in [3.05, 3.63) is 141 Å². The van der Waals surface area contributed by atoms with Gasteiger partial charge in [-0.25, -0.2) is 9.18 Å². The van der Waals surface area contributed by atoms with E-state index in [1.807, 2.05) is 32.0 Å². The Bertz CT molecular complexity index is 2070. The maximum absolute atomic E-state index is 15.0. The summed E-state index contributed by atoms with van der Waals surface area (Å²) >= 11 is 6.37. The Balaban J connectivity index is 1.39. The van der Waals surface area contributed by atoms with E-state index < -0.39 is 41.1 Å². The van der Waals surface area contributed by atoms with Crippen molar-refractivity contribution >= 4 is 29.1 Å². The maximum Gasteiger partial charge on any atom is 0.573 e. The highest BCUT2D eigenvalue weighted by atomic mass is 35.5. The Morgan fingerprint density at radius 1 is 0.982 bits per heavy atom. The van der Waals surface area contributed by atoms with E-state index in [0.717, 1.165) is 11.1 Å². The highest BCUT2D eigenvalue weighted by molar-refractivity contribution is 6.31. The number of ketones is 1. The molecule has 0 spiro atoms. The van der Waals surface area contributed by atoms with Gasteiger partial charge in [0.15, 0.2) is 5.78 Å². The summed E-state index contributed by atoms with van der Waals surface area (Å²) in [5.74, 6) is -1.73. The number of aliphatic hydroxyl groups is 2. The second-order valence-corrected chi connectivity index (χ2v) is 16.0. The number of allylic oxidation sites excluding steroid dienone is 2. The Labute approximate surface area is 335 Å². The molecule has 1 saturated carbocycles. The number of anilines is 1. The Hall–Kier alpha value is -4.71. The zero-order valence-corrected chi connectivity index (χ0v) is 32.7. The topological polar surface area (TPSA) is 99.1 Å². The van der Waals surface area contributed by atoms with Crippen molar-refractivity contribution in [1.82, 2.24) is 4.90 Å². The predicted molar refractivity (Wildman–Crippen MR) is 212 cm³/mol. The average molecular weight is 807 g/mol. The first-order chi connectivity index (χ1) is 27.0. The standard InChI is InChI=1S/C45H47ClF4N2O5/c1-29-8-7-22-43(2)38(35-20-16-31(24-33(53)17-13-29)25-36(35)41(54)26-37-39(46)11-6-12-40(37)47)21-23-44(43,56)28-52(42(55)51-32-9-4-3-5-10-32)27-30-14-18-34(19-15-30)57-45(48,49)50/h3-6,8-12,14-16,18-20,25,33,38,53,56H,7,13,17,21-24,26-28H2,1-2H3,(H,51,55). The van der Waals surface area contributed by atoms with Gasteiger partial charge in [0.05, 0.1) is 18.2 Å². The first kappa shape index (κ1) is 41.9. The fraction of sp³-hybridized carbons (Fsp3) is 0.378. The lowest BCUT2D eigenvalue weighted by atomic mass is 9.64. The maximum atomic E-state index is 15.0. The molecule has 7 nitrogen and oxygen atoms in total. The van der Waals surface area contributed by atoms with Crippen LogP contribution in [0.2, 0.25) is 5.02 Å². The number of fused-ring (bicyclic) bond motifs is 8. The second kappa shape index (κ2) is 17.4. The molecule has 4 atom stereocenters. The number of ether oxygens (including phenoxy) is 1. The molecule has 4 aromatic carbocycles. The van der Waals surface area contributed by atoms with Gasteiger partial charge in [-0.1, -0.05) is 78.7 Å². The van der Waals surface area contributed by atoms with E-state index in [2.05, 4.69) is 16.1 Å². The van der Waals surface area contributed by atoms with Crippen LogP contribution in [0.1, 0.15) is 90.9 Å². The van der Waals surface area contributed by atoms with E-state index in [4.69, 9.17) is 11.6 Å². The summed E-state index contributed by atoms with van der Waals surface area (Å²) in [4.78, 5) is 29.9. The molecule has 0 saturated heterocycles. The molecule has 57 heavy (non-hydrogen) atoms. The number of halogens is 5. The summed E-state index contributed by atoms with van der Waals surface area (Å²) in [7, 11) is 0. The van der Waals surface area contributed by atoms with Gasteiger partial charge in [-0.2, -0.15) is 0 Å². The Kier molecular flexibility index (Phi) is 12.8. The van der Waals surface area contributed by atoms with Crippen molar-refractivity contribution in [2.75, 3.05) is 11.9 Å². The summed E-state index contributed by atoms with van der Waals surface area (Å²) in [5.41, 5.74) is 1.58. The summed E-state index contributed by atoms with van der Waals surface area (Å²) in [6.45, 7) is 3.81. The SMILES string of the molecule is CC1=CCCC2(C)C(CCC2(O)CN(Cc2ccc(OC(F)(F)F)cc2)C(=O)Nc2ccccc2)c2ccc(cc2C(=O)Cc2c(F)cccc2Cl)CC(O)CC1. The molecular weight excluding hydrogens is 760 g/mol. The quantitative estimate of drug-likeness (QED) is 0.0889. The molecule has 3 aliphatic rings. The molecule has 3 aliphatic carbocycles. The third-order valence-corrected chi connectivity index (χ3v) is 12.0. The summed E-state index contributed by atoms with van der Waals surface area (Å²) < 4.78 is 57.8. The van der Waals surface area contributed by atoms with Crippen molar-refractivity contribution in [2.45, 2.75) is 95.7 Å². The van der Waals surface area contributed by atoms with Gasteiger partial charge >= 0.3 is 12.4 Å². The number of benzene rings is 4. The number of carbonyl (C=O) groups excluding carboxylic acids is 2. The van der Waals surface area contributed by atoms with Crippen molar-refractivity contribution in [2.24, 2.45) is 5.41 Å². The smallest absolute Gasteiger partial charge is 0.406 e. The van der Waals surface area contributed by atoms with Crippen LogP contribution in [0.4, 0.5) is 28.0 Å². The van der Waals surface area contributed by atoms with Gasteiger partial charge in [-0.15, -0.1) is 13.2 Å². The van der Waals surface area contributed by atoms with E-state index in [1.54, 1.807) is 30.3 Å². The number of hydrogen-bond donors (Lipinski definition) is 3. The fourth-order valence-electron chi connectivity index (χ4n) is 8.45. The fourth-order valence-corrected chi connectivity index (χ4v) is 8.68. The number of nitrogens with one attached hydrogen (secondary N) is 1. The number of amides is 2. The largest absolute Gasteiger partial charge is 0.573 e. The molecule has 0 aromatic heterocycles. The number of urea groups is 1. The van der Waals surface area contributed by atoms with E-state index in [1.165, 1.54) is 47.4 Å². The average Bonchev–Trinajstić information content (AvgIpc) is 3.41. The summed E-state index contributed by atoms with van der Waals surface area (Å²) in [6, 6.07) is 23.3. The lowest BCUT2D eigenvalue weighted by Gasteiger charge is -2.46. The highest BCUT2D eigenvalue weighted by Crippen LogP contribution is 2.59. The Morgan fingerprint density at radius 3 is 2.42 bits per heavy atom. The number of alkyl halides is 3. The molecule has 2 bridgehead atoms. The first-order valence-electron chi connectivity index (χ1n) is 19.1. The number of rotatable bonds is 9. The molecule has 0 heterocycles. The zero-order valence-electron chi connectivity index (χ0n) is 31.9. The van der Waals surface area contributed by atoms with Crippen molar-refractivity contribution in [3.8, 4) is 5.75 Å². The van der Waals surface area contributed by atoms with Gasteiger partial charge in [0.1, 0.15) is 11.6 Å². The van der Waals surface area contributed by atoms with E-state index in [9.17, 15) is 37.4 Å². The number of hydrogen-bond acceptors (Lipinski definition) is 5. The lowest BCUT2D eigenvalue weighted by Crippen LogP contribution is -2.54. The van der Waals surface area contributed by atoms with Gasteiger partial charge in [0.2, 0.25) is 0 Å². The van der Waals surface area contributed by atoms with Crippen molar-refractivity contribution in [3.63, 3.8) is 0 Å². The molecule has 7 rings (SSSR count). The number of carbonyl (C=O) groups is 2. The molecule has 0 aliphatic heterocycles. The van der Waals surface area contributed by atoms with Crippen LogP contribution in [0.25, 0.3) is 0 Å². The zero-order chi connectivity index (χ0) is 41.0. The van der Waals surface area contributed by atoms with Gasteiger partial charge in [-0.3, -0.25) is 4.79 Å². The van der Waals surface area contributed by atoms with Crippen LogP contribution < -0.4 is 10.1 Å². The number of para-hydroxylation sites is 1. The summed E-state index contributed by atoms with van der Waals surface area (Å²) in [5, 5.41) is 27.0. The molecular formula is C45H47ClF4N2O5. The first-order valence-corrected chi connectivity index (χ1v) is 19.5. The molecule has 4 unspecified atom stereocenters. The molecule has 302 valence electrons. The third kappa shape index (κ3) is 10.1. The van der Waals surface area contributed by atoms with Crippen LogP contribution in [0.5, 0.6) is 5.75 Å². The Morgan fingerprint density at radius 2 is 1.72 bits per heavy atom. The minimum Gasteiger partial charge on any atom is -0.406 e. The normalized spacial score (nSPS) is 22.6. The summed E-state index contributed by atoms with van der Waals surface area (Å²) in [6.07, 6.45) is -0.453. The van der Waals surface area contributed by atoms with Crippen LogP contribution >= 0.6 is 11.6 Å². The molecule has 2 amide bonds. The van der Waals surface area contributed by atoms with Crippen LogP contribution in [-0.4, -0.2) is 51.5 Å². The van der Waals surface area contributed by atoms with Gasteiger partial charge in [0, 0.05) is 40.2 Å². The number of aliphatic hydroxyl groups excluding tert-OH is 1. The van der Waals surface area contributed by atoms with Gasteiger partial charge in [-0.05, 0) is 117 Å². The van der Waals surface area contributed by atoms with Crippen LogP contribution in [0.3, 0.4) is 0 Å². The second-order valence-electron chi connectivity index (χ2n) is 15.6. The number of Topliss-reactive ketones (excluding diaryl/α,β-unsaturated/α-hetero) is 1. The van der Waals surface area contributed by atoms with Gasteiger partial charge < -0.3 is 25.2 Å². The minimum atomic E-state index is -4.86. The van der Waals surface area contributed by atoms with Crippen molar-refractivity contribution in [1.29, 1.82) is 0 Å². The van der Waals surface area contributed by atoms with E-state index in [-0.39, 0.29) is 48.2 Å². The molecule has 0 radical (unpaired) electrons. The monoisotopic (exact) mass is 806 g/mol. The van der Waals surface area contributed by atoms with Crippen molar-refractivity contribution < 1.29 is 42.1 Å². The predicted octanol–water partition coefficient (Wildman–Crippen LogP) is 10.6. The molecule has 1 fully saturated rings. The highest BCUT2D eigenvalue weighted by Gasteiger charge is 2.57.